The number of benzene rings is 1. The number of pyridine rings is 1. The molecule has 3 rings (SSSR count). The van der Waals surface area contributed by atoms with E-state index in [1.54, 1.807) is 0 Å². The molecule has 1 aromatic carbocycles. The van der Waals surface area contributed by atoms with Crippen LogP contribution in [-0.2, 0) is 13.0 Å². The molecule has 2 aromatic heterocycles. The molecule has 0 spiro atoms. The predicted molar refractivity (Wildman–Crippen MR) is 88.4 cm³/mol. The van der Waals surface area contributed by atoms with Crippen LogP contribution in [0.5, 0.6) is 0 Å². The quantitative estimate of drug-likeness (QED) is 0.765. The van der Waals surface area contributed by atoms with Crippen molar-refractivity contribution in [1.82, 2.24) is 14.5 Å². The number of fused-ring (bicyclic) bond motifs is 3. The molecule has 0 radical (unpaired) electrons. The zero-order chi connectivity index (χ0) is 14.8. The number of aliphatic hydroxyl groups is 1. The second-order valence-corrected chi connectivity index (χ2v) is 6.08. The Kier molecular flexibility index (Phi) is 4.22. The lowest BCUT2D eigenvalue weighted by Crippen LogP contribution is -2.05. The molecule has 21 heavy (non-hydrogen) atoms. The number of rotatable bonds is 5. The fourth-order valence-electron chi connectivity index (χ4n) is 2.72. The smallest absolute Gasteiger partial charge is 0.109 e. The third-order valence-electron chi connectivity index (χ3n) is 3.63. The summed E-state index contributed by atoms with van der Waals surface area (Å²) in [4.78, 5) is 9.24. The van der Waals surface area contributed by atoms with Crippen LogP contribution in [0, 0.1) is 0 Å². The molecular weight excluding hydrogens is 330 g/mol. The van der Waals surface area contributed by atoms with Gasteiger partial charge in [0.1, 0.15) is 11.3 Å². The van der Waals surface area contributed by atoms with Crippen molar-refractivity contribution in [3.05, 3.63) is 34.7 Å². The van der Waals surface area contributed by atoms with Crippen LogP contribution in [-0.4, -0.2) is 26.2 Å². The van der Waals surface area contributed by atoms with Gasteiger partial charge >= 0.3 is 0 Å². The van der Waals surface area contributed by atoms with Gasteiger partial charge in [-0.05, 0) is 31.0 Å². The maximum atomic E-state index is 9.16. The number of aliphatic hydroxyl groups excluding tert-OH is 1. The molecule has 0 unspecified atom stereocenters. The van der Waals surface area contributed by atoms with Crippen LogP contribution in [0.1, 0.15) is 25.6 Å². The topological polar surface area (TPSA) is 50.9 Å². The Bertz CT molecular complexity index is 782. The summed E-state index contributed by atoms with van der Waals surface area (Å²) >= 11 is 3.49. The molecule has 0 saturated carbocycles. The van der Waals surface area contributed by atoms with Crippen LogP contribution in [0.4, 0.5) is 0 Å². The molecule has 0 amide bonds. The number of hydrogen-bond acceptors (Lipinski definition) is 3. The molecule has 0 aliphatic rings. The van der Waals surface area contributed by atoms with Crippen molar-refractivity contribution in [2.75, 3.05) is 6.61 Å². The van der Waals surface area contributed by atoms with E-state index in [9.17, 15) is 0 Å². The number of nitrogens with zero attached hydrogens (tertiary/aromatic N) is 3. The van der Waals surface area contributed by atoms with E-state index in [-0.39, 0.29) is 6.61 Å². The summed E-state index contributed by atoms with van der Waals surface area (Å²) in [6.07, 6.45) is 4.58. The highest BCUT2D eigenvalue weighted by Gasteiger charge is 2.13. The highest BCUT2D eigenvalue weighted by molar-refractivity contribution is 9.10. The molecule has 5 heteroatoms. The maximum Gasteiger partial charge on any atom is 0.109 e. The van der Waals surface area contributed by atoms with Gasteiger partial charge in [-0.1, -0.05) is 22.9 Å². The fourth-order valence-corrected chi connectivity index (χ4v) is 3.07. The van der Waals surface area contributed by atoms with E-state index in [2.05, 4.69) is 38.5 Å². The molecular formula is C16H18BrN3O. The minimum atomic E-state index is 0.194. The average molecular weight is 348 g/mol. The normalized spacial score (nSPS) is 11.6. The second-order valence-electron chi connectivity index (χ2n) is 5.16. The van der Waals surface area contributed by atoms with Gasteiger partial charge in [-0.15, -0.1) is 0 Å². The highest BCUT2D eigenvalue weighted by Crippen LogP contribution is 2.27. The molecule has 4 nitrogen and oxygen atoms in total. The van der Waals surface area contributed by atoms with Crippen LogP contribution < -0.4 is 0 Å². The molecule has 3 aromatic rings. The van der Waals surface area contributed by atoms with Crippen molar-refractivity contribution >= 4 is 37.9 Å². The molecule has 0 fully saturated rings. The summed E-state index contributed by atoms with van der Waals surface area (Å²) in [6, 6.07) is 6.14. The van der Waals surface area contributed by atoms with E-state index in [4.69, 9.17) is 10.1 Å². The van der Waals surface area contributed by atoms with E-state index in [1.165, 1.54) is 0 Å². The van der Waals surface area contributed by atoms with E-state index >= 15 is 0 Å². The largest absolute Gasteiger partial charge is 0.396 e. The summed E-state index contributed by atoms with van der Waals surface area (Å²) in [5, 5.41) is 10.3. The monoisotopic (exact) mass is 347 g/mol. The number of hydrogen-bond donors (Lipinski definition) is 1. The first-order valence-electron chi connectivity index (χ1n) is 7.29. The summed E-state index contributed by atoms with van der Waals surface area (Å²) in [5.74, 6) is 1.08. The maximum absolute atomic E-state index is 9.16. The van der Waals surface area contributed by atoms with Crippen LogP contribution >= 0.6 is 15.9 Å². The highest BCUT2D eigenvalue weighted by atomic mass is 79.9. The Balaban J connectivity index is 2.28. The minimum absolute atomic E-state index is 0.194. The van der Waals surface area contributed by atoms with Crippen molar-refractivity contribution in [2.45, 2.75) is 32.7 Å². The molecule has 110 valence electrons. The van der Waals surface area contributed by atoms with Crippen molar-refractivity contribution in [3.8, 4) is 0 Å². The number of aromatic nitrogens is 3. The van der Waals surface area contributed by atoms with E-state index in [1.807, 2.05) is 18.3 Å². The number of aryl methyl sites for hydroxylation is 2. The summed E-state index contributed by atoms with van der Waals surface area (Å²) in [7, 11) is 0. The Morgan fingerprint density at radius 2 is 2.14 bits per heavy atom. The zero-order valence-corrected chi connectivity index (χ0v) is 13.6. The molecule has 0 bridgehead atoms. The van der Waals surface area contributed by atoms with Gasteiger partial charge in [-0.2, -0.15) is 0 Å². The lowest BCUT2D eigenvalue weighted by Gasteiger charge is -2.09. The van der Waals surface area contributed by atoms with Gasteiger partial charge in [0.25, 0.3) is 0 Å². The first-order valence-corrected chi connectivity index (χ1v) is 8.08. The molecule has 1 N–H and O–H groups in total. The van der Waals surface area contributed by atoms with Gasteiger partial charge < -0.3 is 9.67 Å². The van der Waals surface area contributed by atoms with Gasteiger partial charge in [-0.25, -0.2) is 4.98 Å². The SMILES string of the molecule is CCCc1nc2cnc3cc(Br)ccc3c2n1CCCO. The third kappa shape index (κ3) is 2.68. The average Bonchev–Trinajstić information content (AvgIpc) is 2.83. The lowest BCUT2D eigenvalue weighted by atomic mass is 10.2. The van der Waals surface area contributed by atoms with Gasteiger partial charge in [0.15, 0.2) is 0 Å². The van der Waals surface area contributed by atoms with E-state index in [0.717, 1.165) is 58.0 Å². The van der Waals surface area contributed by atoms with Crippen molar-refractivity contribution in [1.29, 1.82) is 0 Å². The lowest BCUT2D eigenvalue weighted by molar-refractivity contribution is 0.280. The van der Waals surface area contributed by atoms with Gasteiger partial charge in [-0.3, -0.25) is 4.98 Å². The Hall–Kier alpha value is -1.46. The van der Waals surface area contributed by atoms with Crippen LogP contribution in [0.25, 0.3) is 21.9 Å². The van der Waals surface area contributed by atoms with Crippen LogP contribution in [0.3, 0.4) is 0 Å². The van der Waals surface area contributed by atoms with Gasteiger partial charge in [0.2, 0.25) is 0 Å². The van der Waals surface area contributed by atoms with Gasteiger partial charge in [0.05, 0.1) is 17.2 Å². The van der Waals surface area contributed by atoms with Crippen molar-refractivity contribution in [3.63, 3.8) is 0 Å². The summed E-state index contributed by atoms with van der Waals surface area (Å²) in [6.45, 7) is 3.14. The van der Waals surface area contributed by atoms with E-state index in [0.29, 0.717) is 0 Å². The van der Waals surface area contributed by atoms with Crippen LogP contribution in [0.2, 0.25) is 0 Å². The predicted octanol–water partition coefficient (Wildman–Crippen LogP) is 3.68. The van der Waals surface area contributed by atoms with E-state index < -0.39 is 0 Å². The molecule has 0 aliphatic carbocycles. The van der Waals surface area contributed by atoms with Crippen LogP contribution in [0.15, 0.2) is 28.9 Å². The van der Waals surface area contributed by atoms with Gasteiger partial charge in [0, 0.05) is 29.4 Å². The summed E-state index contributed by atoms with van der Waals surface area (Å²) < 4.78 is 3.27. The zero-order valence-electron chi connectivity index (χ0n) is 12.0. The standard InChI is InChI=1S/C16H18BrN3O/c1-2-4-15-19-14-10-18-13-9-11(17)5-6-12(13)16(14)20(15)7-3-8-21/h5-6,9-10,21H,2-4,7-8H2,1H3. The minimum Gasteiger partial charge on any atom is -0.396 e. The first-order chi connectivity index (χ1) is 10.2. The first kappa shape index (κ1) is 14.5. The van der Waals surface area contributed by atoms with Crippen molar-refractivity contribution < 1.29 is 5.11 Å². The molecule has 2 heterocycles. The number of imidazole rings is 1. The third-order valence-corrected chi connectivity index (χ3v) is 4.12. The Morgan fingerprint density at radius 1 is 1.29 bits per heavy atom. The Morgan fingerprint density at radius 3 is 2.90 bits per heavy atom. The number of halogens is 1. The molecule has 0 aliphatic heterocycles. The fraction of sp³-hybridized carbons (Fsp3) is 0.375. The van der Waals surface area contributed by atoms with Crippen molar-refractivity contribution in [2.24, 2.45) is 0 Å². The second kappa shape index (κ2) is 6.12. The molecule has 0 saturated heterocycles. The molecule has 0 atom stereocenters. The Labute approximate surface area is 132 Å². The summed E-state index contributed by atoms with van der Waals surface area (Å²) in [5.41, 5.74) is 3.03.